The molecule has 2 aromatic rings. The van der Waals surface area contributed by atoms with E-state index in [1.807, 2.05) is 13.1 Å². The van der Waals surface area contributed by atoms with Gasteiger partial charge in [-0.1, -0.05) is 22.9 Å². The van der Waals surface area contributed by atoms with Crippen molar-refractivity contribution in [3.8, 4) is 0 Å². The molecule has 0 aliphatic heterocycles. The Morgan fingerprint density at radius 2 is 2.29 bits per heavy atom. The molecular formula is C14H17BrN4O2. The van der Waals surface area contributed by atoms with Gasteiger partial charge in [0.1, 0.15) is 0 Å². The predicted octanol–water partition coefficient (Wildman–Crippen LogP) is 2.88. The number of hydrogen-bond acceptors (Lipinski definition) is 4. The summed E-state index contributed by atoms with van der Waals surface area (Å²) in [4.78, 5) is 10.7. The van der Waals surface area contributed by atoms with Crippen LogP contribution in [-0.4, -0.2) is 20.7 Å². The van der Waals surface area contributed by atoms with Gasteiger partial charge in [-0.15, -0.1) is 0 Å². The normalized spacial score (nSPS) is 12.3. The van der Waals surface area contributed by atoms with Crippen molar-refractivity contribution in [1.29, 1.82) is 0 Å². The molecule has 0 saturated heterocycles. The van der Waals surface area contributed by atoms with Crippen LogP contribution in [-0.2, 0) is 13.0 Å². The second kappa shape index (κ2) is 6.82. The second-order valence-corrected chi connectivity index (χ2v) is 5.86. The largest absolute Gasteiger partial charge is 0.327 e. The van der Waals surface area contributed by atoms with E-state index in [-0.39, 0.29) is 16.7 Å². The highest BCUT2D eigenvalue weighted by Gasteiger charge is 2.15. The van der Waals surface area contributed by atoms with Crippen LogP contribution < -0.4 is 5.73 Å². The third-order valence-electron chi connectivity index (χ3n) is 3.29. The van der Waals surface area contributed by atoms with E-state index in [0.717, 1.165) is 18.4 Å². The average molecular weight is 353 g/mol. The third-order valence-corrected chi connectivity index (χ3v) is 3.78. The Hall–Kier alpha value is -1.73. The molecule has 0 aliphatic carbocycles. The molecule has 2 rings (SSSR count). The fourth-order valence-corrected chi connectivity index (χ4v) is 2.41. The van der Waals surface area contributed by atoms with Crippen molar-refractivity contribution in [3.05, 3.63) is 56.3 Å². The molecule has 112 valence electrons. The lowest BCUT2D eigenvalue weighted by molar-refractivity contribution is -0.385. The molecule has 6 nitrogen and oxygen atoms in total. The van der Waals surface area contributed by atoms with Crippen LogP contribution in [0.3, 0.4) is 0 Å². The van der Waals surface area contributed by atoms with Crippen LogP contribution in [0.5, 0.6) is 0 Å². The number of halogens is 1. The molecule has 0 amide bonds. The molecule has 0 bridgehead atoms. The number of rotatable bonds is 6. The van der Waals surface area contributed by atoms with E-state index < -0.39 is 0 Å². The quantitative estimate of drug-likeness (QED) is 0.639. The lowest BCUT2D eigenvalue weighted by atomic mass is 10.1. The molecule has 7 heteroatoms. The number of nitro benzene ring substituents is 1. The van der Waals surface area contributed by atoms with Gasteiger partial charge in [0, 0.05) is 22.8 Å². The highest BCUT2D eigenvalue weighted by Crippen LogP contribution is 2.24. The molecular weight excluding hydrogens is 336 g/mol. The molecule has 0 aliphatic rings. The third kappa shape index (κ3) is 4.12. The predicted molar refractivity (Wildman–Crippen MR) is 84.1 cm³/mol. The standard InChI is InChI=1S/C14H17BrN4O2/c1-2-13(16)5-10-7-17-18(8-10)9-11-3-4-12(15)6-14(11)19(20)21/h3-4,6-8,13H,2,5,9,16H2,1H3. The van der Waals surface area contributed by atoms with E-state index in [1.54, 1.807) is 23.0 Å². The van der Waals surface area contributed by atoms with Crippen LogP contribution in [0.4, 0.5) is 5.69 Å². The van der Waals surface area contributed by atoms with Gasteiger partial charge in [0.25, 0.3) is 5.69 Å². The Morgan fingerprint density at radius 3 is 2.95 bits per heavy atom. The van der Waals surface area contributed by atoms with Crippen LogP contribution in [0.15, 0.2) is 35.1 Å². The van der Waals surface area contributed by atoms with E-state index >= 15 is 0 Å². The zero-order chi connectivity index (χ0) is 15.4. The van der Waals surface area contributed by atoms with Gasteiger partial charge in [-0.25, -0.2) is 0 Å². The van der Waals surface area contributed by atoms with Crippen LogP contribution in [0.2, 0.25) is 0 Å². The fourth-order valence-electron chi connectivity index (χ4n) is 2.06. The van der Waals surface area contributed by atoms with Crippen molar-refractivity contribution >= 4 is 21.6 Å². The minimum absolute atomic E-state index is 0.0895. The van der Waals surface area contributed by atoms with Crippen LogP contribution in [0.1, 0.15) is 24.5 Å². The Morgan fingerprint density at radius 1 is 1.52 bits per heavy atom. The summed E-state index contributed by atoms with van der Waals surface area (Å²) in [6.07, 6.45) is 5.32. The second-order valence-electron chi connectivity index (χ2n) is 4.95. The van der Waals surface area contributed by atoms with E-state index in [1.165, 1.54) is 6.07 Å². The average Bonchev–Trinajstić information content (AvgIpc) is 2.87. The first-order valence-electron chi connectivity index (χ1n) is 6.69. The number of aromatic nitrogens is 2. The fraction of sp³-hybridized carbons (Fsp3) is 0.357. The Bertz CT molecular complexity index is 642. The summed E-state index contributed by atoms with van der Waals surface area (Å²) in [7, 11) is 0. The summed E-state index contributed by atoms with van der Waals surface area (Å²) in [5.41, 5.74) is 7.67. The van der Waals surface area contributed by atoms with Crippen LogP contribution >= 0.6 is 15.9 Å². The SMILES string of the molecule is CCC(N)Cc1cnn(Cc2ccc(Br)cc2[N+](=O)[O-])c1. The van der Waals surface area contributed by atoms with Gasteiger partial charge in [0.05, 0.1) is 23.2 Å². The van der Waals surface area contributed by atoms with E-state index in [0.29, 0.717) is 16.6 Å². The summed E-state index contributed by atoms with van der Waals surface area (Å²) in [6.45, 7) is 2.41. The summed E-state index contributed by atoms with van der Waals surface area (Å²) >= 11 is 3.25. The first-order chi connectivity index (χ1) is 9.99. The van der Waals surface area contributed by atoms with Gasteiger partial charge in [0.15, 0.2) is 0 Å². The number of nitrogens with zero attached hydrogens (tertiary/aromatic N) is 3. The van der Waals surface area contributed by atoms with Crippen LogP contribution in [0, 0.1) is 10.1 Å². The molecule has 2 N–H and O–H groups in total. The van der Waals surface area contributed by atoms with Crippen molar-refractivity contribution in [2.24, 2.45) is 5.73 Å². The summed E-state index contributed by atoms with van der Waals surface area (Å²) in [6, 6.07) is 5.15. The molecule has 1 unspecified atom stereocenters. The summed E-state index contributed by atoms with van der Waals surface area (Å²) < 4.78 is 2.39. The van der Waals surface area contributed by atoms with Crippen LogP contribution in [0.25, 0.3) is 0 Å². The molecule has 0 saturated carbocycles. The first kappa shape index (κ1) is 15.7. The van der Waals surface area contributed by atoms with Crippen molar-refractivity contribution < 1.29 is 4.92 Å². The minimum atomic E-state index is -0.377. The van der Waals surface area contributed by atoms with Crippen molar-refractivity contribution in [3.63, 3.8) is 0 Å². The maximum atomic E-state index is 11.1. The molecule has 0 fully saturated rings. The Kier molecular flexibility index (Phi) is 5.08. The molecule has 0 radical (unpaired) electrons. The number of nitrogens with two attached hydrogens (primary N) is 1. The number of nitro groups is 1. The van der Waals surface area contributed by atoms with Gasteiger partial charge in [-0.3, -0.25) is 14.8 Å². The molecule has 1 heterocycles. The molecule has 1 aromatic heterocycles. The van der Waals surface area contributed by atoms with Gasteiger partial charge < -0.3 is 5.73 Å². The van der Waals surface area contributed by atoms with Crippen molar-refractivity contribution in [1.82, 2.24) is 9.78 Å². The highest BCUT2D eigenvalue weighted by molar-refractivity contribution is 9.10. The van der Waals surface area contributed by atoms with E-state index in [4.69, 9.17) is 5.73 Å². The van der Waals surface area contributed by atoms with Gasteiger partial charge >= 0.3 is 0 Å². The highest BCUT2D eigenvalue weighted by atomic mass is 79.9. The van der Waals surface area contributed by atoms with E-state index in [2.05, 4.69) is 21.0 Å². The first-order valence-corrected chi connectivity index (χ1v) is 7.48. The van der Waals surface area contributed by atoms with Gasteiger partial charge in [-0.2, -0.15) is 5.10 Å². The zero-order valence-corrected chi connectivity index (χ0v) is 13.3. The molecule has 1 atom stereocenters. The summed E-state index contributed by atoms with van der Waals surface area (Å²) in [5, 5.41) is 15.3. The maximum absolute atomic E-state index is 11.1. The van der Waals surface area contributed by atoms with Crippen molar-refractivity contribution in [2.45, 2.75) is 32.4 Å². The minimum Gasteiger partial charge on any atom is -0.327 e. The molecule has 1 aromatic carbocycles. The molecule has 21 heavy (non-hydrogen) atoms. The molecule has 0 spiro atoms. The maximum Gasteiger partial charge on any atom is 0.275 e. The lowest BCUT2D eigenvalue weighted by Crippen LogP contribution is -2.21. The number of hydrogen-bond donors (Lipinski definition) is 1. The van der Waals surface area contributed by atoms with Gasteiger partial charge in [-0.05, 0) is 30.5 Å². The number of benzene rings is 1. The summed E-state index contributed by atoms with van der Waals surface area (Å²) in [5.74, 6) is 0. The monoisotopic (exact) mass is 352 g/mol. The lowest BCUT2D eigenvalue weighted by Gasteiger charge is -2.06. The zero-order valence-electron chi connectivity index (χ0n) is 11.7. The topological polar surface area (TPSA) is 87.0 Å². The van der Waals surface area contributed by atoms with Crippen molar-refractivity contribution in [2.75, 3.05) is 0 Å². The van der Waals surface area contributed by atoms with E-state index in [9.17, 15) is 10.1 Å². The Balaban J connectivity index is 2.17. The Labute approximate surface area is 131 Å². The van der Waals surface area contributed by atoms with Gasteiger partial charge in [0.2, 0.25) is 0 Å². The smallest absolute Gasteiger partial charge is 0.275 e.